The van der Waals surface area contributed by atoms with Crippen molar-refractivity contribution in [1.29, 1.82) is 0 Å². The Bertz CT molecular complexity index is 701. The summed E-state index contributed by atoms with van der Waals surface area (Å²) < 4.78 is 11.8. The molecule has 0 fully saturated rings. The summed E-state index contributed by atoms with van der Waals surface area (Å²) in [6.07, 6.45) is 7.34. The zero-order chi connectivity index (χ0) is 17.9. The molecule has 0 aliphatic carbocycles. The number of nitrogens with one attached hydrogen (secondary N) is 1. The quantitative estimate of drug-likeness (QED) is 0.779. The van der Waals surface area contributed by atoms with Crippen LogP contribution in [0, 0.1) is 6.92 Å². The van der Waals surface area contributed by atoms with Crippen molar-refractivity contribution in [3.05, 3.63) is 51.7 Å². The molecule has 0 radical (unpaired) electrons. The maximum atomic E-state index is 12.6. The van der Waals surface area contributed by atoms with E-state index in [-0.39, 0.29) is 17.7 Å². The Hall–Kier alpha value is -1.85. The molecule has 3 atom stereocenters. The molecule has 0 bridgehead atoms. The second kappa shape index (κ2) is 7.36. The molecule has 132 valence electrons. The first-order valence-electron chi connectivity index (χ1n) is 8.43. The lowest BCUT2D eigenvalue weighted by Crippen LogP contribution is -2.53. The van der Waals surface area contributed by atoms with Gasteiger partial charge in [0.25, 0.3) is 5.56 Å². The molecule has 1 aromatic heterocycles. The molecule has 2 rings (SSSR count). The fraction of sp³-hybridized carbons (Fsp3) is 0.526. The number of allylic oxidation sites excluding steroid dienone is 3. The van der Waals surface area contributed by atoms with Crippen LogP contribution in [0.3, 0.4) is 0 Å². The summed E-state index contributed by atoms with van der Waals surface area (Å²) >= 11 is 0. The second-order valence-corrected chi connectivity index (χ2v) is 6.49. The van der Waals surface area contributed by atoms with Gasteiger partial charge in [-0.15, -0.1) is 0 Å². The van der Waals surface area contributed by atoms with E-state index in [4.69, 9.17) is 9.47 Å². The van der Waals surface area contributed by atoms with Gasteiger partial charge in [0.1, 0.15) is 41.9 Å². The SMILES string of the molecule is CCC(OC)C(C)[N+]1(Cc2c(OC)cc(C)[nH]c2=O)C=CC=C1C. The van der Waals surface area contributed by atoms with Gasteiger partial charge < -0.3 is 14.5 Å². The van der Waals surface area contributed by atoms with Crippen molar-refractivity contribution in [2.45, 2.75) is 52.8 Å². The average Bonchev–Trinajstić information content (AvgIpc) is 2.92. The summed E-state index contributed by atoms with van der Waals surface area (Å²) in [5.41, 5.74) is 2.57. The van der Waals surface area contributed by atoms with Gasteiger partial charge in [0.2, 0.25) is 0 Å². The number of pyridine rings is 1. The van der Waals surface area contributed by atoms with Gasteiger partial charge in [0.15, 0.2) is 0 Å². The minimum atomic E-state index is -0.0879. The Morgan fingerprint density at radius 3 is 2.50 bits per heavy atom. The smallest absolute Gasteiger partial charge is 0.260 e. The number of hydrogen-bond donors (Lipinski definition) is 1. The maximum Gasteiger partial charge on any atom is 0.260 e. The summed E-state index contributed by atoms with van der Waals surface area (Å²) in [5.74, 6) is 0.638. The molecule has 1 aliphatic heterocycles. The van der Waals surface area contributed by atoms with E-state index in [1.165, 1.54) is 5.70 Å². The van der Waals surface area contributed by atoms with Crippen LogP contribution in [-0.4, -0.2) is 35.8 Å². The summed E-state index contributed by atoms with van der Waals surface area (Å²) in [4.78, 5) is 15.5. The number of aromatic nitrogens is 1. The van der Waals surface area contributed by atoms with E-state index < -0.39 is 0 Å². The normalized spacial score (nSPS) is 22.3. The highest BCUT2D eigenvalue weighted by molar-refractivity contribution is 5.33. The van der Waals surface area contributed by atoms with E-state index >= 15 is 0 Å². The fourth-order valence-corrected chi connectivity index (χ4v) is 3.65. The van der Waals surface area contributed by atoms with Gasteiger partial charge in [-0.1, -0.05) is 6.92 Å². The predicted octanol–water partition coefficient (Wildman–Crippen LogP) is 3.25. The monoisotopic (exact) mass is 333 g/mol. The van der Waals surface area contributed by atoms with Crippen molar-refractivity contribution in [3.63, 3.8) is 0 Å². The molecule has 1 N–H and O–H groups in total. The summed E-state index contributed by atoms with van der Waals surface area (Å²) in [5, 5.41) is 0. The highest BCUT2D eigenvalue weighted by Gasteiger charge is 2.42. The molecular formula is C19H29N2O3+. The molecule has 0 amide bonds. The molecule has 3 unspecified atom stereocenters. The minimum absolute atomic E-state index is 0.0879. The van der Waals surface area contributed by atoms with Gasteiger partial charge >= 0.3 is 0 Å². The molecule has 5 heteroatoms. The number of nitrogens with zero attached hydrogens (tertiary/aromatic N) is 1. The molecule has 0 saturated heterocycles. The van der Waals surface area contributed by atoms with Crippen LogP contribution in [0.5, 0.6) is 5.75 Å². The number of ether oxygens (including phenoxy) is 2. The van der Waals surface area contributed by atoms with Gasteiger partial charge in [-0.25, -0.2) is 0 Å². The van der Waals surface area contributed by atoms with Crippen molar-refractivity contribution < 1.29 is 14.0 Å². The third kappa shape index (κ3) is 3.19. The minimum Gasteiger partial charge on any atom is -0.496 e. The number of rotatable bonds is 7. The number of methoxy groups -OCH3 is 2. The number of aryl methyl sites for hydroxylation is 1. The third-order valence-corrected chi connectivity index (χ3v) is 5.19. The first-order valence-corrected chi connectivity index (χ1v) is 8.43. The Morgan fingerprint density at radius 1 is 1.29 bits per heavy atom. The fourth-order valence-electron chi connectivity index (χ4n) is 3.65. The summed E-state index contributed by atoms with van der Waals surface area (Å²) in [7, 11) is 3.36. The first-order chi connectivity index (χ1) is 11.4. The van der Waals surface area contributed by atoms with Crippen LogP contribution in [0.15, 0.2) is 34.9 Å². The van der Waals surface area contributed by atoms with Crippen molar-refractivity contribution in [1.82, 2.24) is 4.98 Å². The Balaban J connectivity index is 2.52. The van der Waals surface area contributed by atoms with E-state index in [0.29, 0.717) is 22.3 Å². The predicted molar refractivity (Wildman–Crippen MR) is 95.8 cm³/mol. The van der Waals surface area contributed by atoms with Gasteiger partial charge in [-0.3, -0.25) is 9.28 Å². The van der Waals surface area contributed by atoms with Crippen LogP contribution in [0.4, 0.5) is 0 Å². The number of H-pyrrole nitrogens is 1. The Labute approximate surface area is 144 Å². The molecule has 1 aromatic rings. The molecule has 2 heterocycles. The maximum absolute atomic E-state index is 12.6. The van der Waals surface area contributed by atoms with Gasteiger partial charge in [-0.05, 0) is 38.5 Å². The summed E-state index contributed by atoms with van der Waals surface area (Å²) in [6, 6.07) is 2.06. The van der Waals surface area contributed by atoms with Gasteiger partial charge in [0.05, 0.1) is 7.11 Å². The van der Waals surface area contributed by atoms with E-state index in [2.05, 4.69) is 44.1 Å². The van der Waals surface area contributed by atoms with Crippen LogP contribution in [0.1, 0.15) is 38.4 Å². The van der Waals surface area contributed by atoms with E-state index in [0.717, 1.165) is 12.1 Å². The highest BCUT2D eigenvalue weighted by atomic mass is 16.5. The van der Waals surface area contributed by atoms with Crippen LogP contribution in [0.25, 0.3) is 0 Å². The number of hydrogen-bond acceptors (Lipinski definition) is 3. The molecule has 5 nitrogen and oxygen atoms in total. The van der Waals surface area contributed by atoms with Crippen molar-refractivity contribution in [3.8, 4) is 5.75 Å². The molecular weight excluding hydrogens is 304 g/mol. The lowest BCUT2D eigenvalue weighted by molar-refractivity contribution is -0.881. The Kier molecular flexibility index (Phi) is 5.67. The number of aromatic amines is 1. The Morgan fingerprint density at radius 2 is 2.00 bits per heavy atom. The van der Waals surface area contributed by atoms with E-state index in [9.17, 15) is 4.79 Å². The molecule has 24 heavy (non-hydrogen) atoms. The van der Waals surface area contributed by atoms with Gasteiger partial charge in [-0.2, -0.15) is 0 Å². The standard InChI is InChI=1S/C19H28N2O3/c1-7-17(23-5)15(4)21(10-8-9-14(21)3)12-16-18(24-6)11-13(2)20-19(16)22/h8-11,15,17H,7,12H2,1-6H3/p+1. The number of quaternary nitrogens is 1. The van der Waals surface area contributed by atoms with Crippen LogP contribution in [0.2, 0.25) is 0 Å². The second-order valence-electron chi connectivity index (χ2n) is 6.49. The highest BCUT2D eigenvalue weighted by Crippen LogP contribution is 2.35. The average molecular weight is 333 g/mol. The van der Waals surface area contributed by atoms with Gasteiger partial charge in [0, 0.05) is 19.7 Å². The van der Waals surface area contributed by atoms with Crippen LogP contribution < -0.4 is 10.3 Å². The molecule has 1 aliphatic rings. The topological polar surface area (TPSA) is 51.3 Å². The van der Waals surface area contributed by atoms with Crippen molar-refractivity contribution in [2.75, 3.05) is 14.2 Å². The van der Waals surface area contributed by atoms with Crippen molar-refractivity contribution in [2.24, 2.45) is 0 Å². The zero-order valence-electron chi connectivity index (χ0n) is 15.6. The van der Waals surface area contributed by atoms with E-state index in [1.807, 2.05) is 13.0 Å². The third-order valence-electron chi connectivity index (χ3n) is 5.19. The van der Waals surface area contributed by atoms with Crippen molar-refractivity contribution >= 4 is 0 Å². The first kappa shape index (κ1) is 18.5. The lowest BCUT2D eigenvalue weighted by atomic mass is 10.0. The van der Waals surface area contributed by atoms with Crippen LogP contribution in [-0.2, 0) is 11.3 Å². The van der Waals surface area contributed by atoms with Crippen LogP contribution >= 0.6 is 0 Å². The summed E-state index contributed by atoms with van der Waals surface area (Å²) in [6.45, 7) is 8.81. The lowest BCUT2D eigenvalue weighted by Gasteiger charge is -2.41. The molecule has 0 saturated carbocycles. The van der Waals surface area contributed by atoms with E-state index in [1.54, 1.807) is 14.2 Å². The molecule has 0 spiro atoms. The zero-order valence-corrected chi connectivity index (χ0v) is 15.6. The molecule has 0 aromatic carbocycles. The largest absolute Gasteiger partial charge is 0.496 e.